The van der Waals surface area contributed by atoms with Crippen LogP contribution in [0.15, 0.2) is 28.9 Å². The summed E-state index contributed by atoms with van der Waals surface area (Å²) in [5.41, 5.74) is 0.00922. The molecule has 0 spiro atoms. The molecule has 7 heteroatoms. The van der Waals surface area contributed by atoms with E-state index in [1.807, 2.05) is 6.07 Å². The highest BCUT2D eigenvalue weighted by molar-refractivity contribution is 7.16. The Bertz CT molecular complexity index is 562. The van der Waals surface area contributed by atoms with Gasteiger partial charge in [-0.15, -0.1) is 11.3 Å². The van der Waals surface area contributed by atoms with Crippen molar-refractivity contribution in [3.63, 3.8) is 0 Å². The molecular formula is C12H14N2O4S. The van der Waals surface area contributed by atoms with Crippen LogP contribution in [-0.4, -0.2) is 17.1 Å². The molecule has 0 fully saturated rings. The van der Waals surface area contributed by atoms with Gasteiger partial charge in [-0.25, -0.2) is 0 Å². The van der Waals surface area contributed by atoms with Crippen LogP contribution in [0.3, 0.4) is 0 Å². The zero-order chi connectivity index (χ0) is 14.0. The fourth-order valence-corrected chi connectivity index (χ4v) is 2.73. The quantitative estimate of drug-likeness (QED) is 0.673. The topological polar surface area (TPSA) is 79.8 Å². The largest absolute Gasteiger partial charge is 0.467 e. The molecule has 0 saturated carbocycles. The molecule has 0 unspecified atom stereocenters. The number of thiophene rings is 1. The lowest BCUT2D eigenvalue weighted by Crippen LogP contribution is -2.15. The smallest absolute Gasteiger partial charge is 0.304 e. The van der Waals surface area contributed by atoms with Crippen molar-refractivity contribution in [1.82, 2.24) is 0 Å². The molecule has 102 valence electrons. The van der Waals surface area contributed by atoms with Crippen molar-refractivity contribution < 1.29 is 14.4 Å². The minimum atomic E-state index is -0.713. The minimum absolute atomic E-state index is 0.00922. The van der Waals surface area contributed by atoms with Gasteiger partial charge in [0.05, 0.1) is 23.8 Å². The number of rotatable bonds is 5. The Kier molecular flexibility index (Phi) is 3.87. The molecule has 0 aromatic carbocycles. The third-order valence-electron chi connectivity index (χ3n) is 2.64. The highest BCUT2D eigenvalue weighted by Crippen LogP contribution is 2.40. The zero-order valence-corrected chi connectivity index (χ0v) is 11.4. The maximum absolute atomic E-state index is 11.0. The summed E-state index contributed by atoms with van der Waals surface area (Å²) in [5, 5.41) is 21.1. The van der Waals surface area contributed by atoms with Crippen LogP contribution in [0.4, 0.5) is 10.7 Å². The van der Waals surface area contributed by atoms with E-state index in [-0.39, 0.29) is 5.69 Å². The summed E-state index contributed by atoms with van der Waals surface area (Å²) in [4.78, 5) is 12.9. The Morgan fingerprint density at radius 1 is 1.63 bits per heavy atom. The van der Waals surface area contributed by atoms with E-state index in [0.29, 0.717) is 16.4 Å². The van der Waals surface area contributed by atoms with E-state index in [4.69, 9.17) is 4.42 Å². The summed E-state index contributed by atoms with van der Waals surface area (Å²) in [6, 6.07) is 5.00. The predicted octanol–water partition coefficient (Wildman–Crippen LogP) is 2.94. The number of aliphatic hydroxyl groups is 1. The number of furan rings is 1. The van der Waals surface area contributed by atoms with Crippen molar-refractivity contribution in [3.8, 4) is 0 Å². The van der Waals surface area contributed by atoms with Crippen LogP contribution in [0.25, 0.3) is 0 Å². The SMILES string of the molecule is C[C@H](O)c1cc([N+](=O)[O-])c(N(C)Cc2ccco2)s1. The van der Waals surface area contributed by atoms with E-state index in [2.05, 4.69) is 0 Å². The van der Waals surface area contributed by atoms with Gasteiger partial charge in [0.1, 0.15) is 5.76 Å². The predicted molar refractivity (Wildman–Crippen MR) is 72.4 cm³/mol. The molecular weight excluding hydrogens is 268 g/mol. The Hall–Kier alpha value is -1.86. The van der Waals surface area contributed by atoms with Crippen LogP contribution in [0.2, 0.25) is 0 Å². The molecule has 2 rings (SSSR count). The van der Waals surface area contributed by atoms with Crippen molar-refractivity contribution in [2.45, 2.75) is 19.6 Å². The Morgan fingerprint density at radius 2 is 2.37 bits per heavy atom. The third-order valence-corrected chi connectivity index (χ3v) is 4.05. The maximum atomic E-state index is 11.0. The van der Waals surface area contributed by atoms with Crippen LogP contribution in [0, 0.1) is 10.1 Å². The first-order chi connectivity index (χ1) is 8.99. The fraction of sp³-hybridized carbons (Fsp3) is 0.333. The van der Waals surface area contributed by atoms with Gasteiger partial charge in [-0.3, -0.25) is 10.1 Å². The van der Waals surface area contributed by atoms with Gasteiger partial charge in [0.25, 0.3) is 0 Å². The molecule has 0 aliphatic heterocycles. The van der Waals surface area contributed by atoms with Gasteiger partial charge in [0, 0.05) is 18.0 Å². The molecule has 2 aromatic rings. The number of hydrogen-bond acceptors (Lipinski definition) is 6. The number of nitro groups is 1. The molecule has 0 aliphatic rings. The lowest BCUT2D eigenvalue weighted by molar-refractivity contribution is -0.383. The van der Waals surface area contributed by atoms with Crippen molar-refractivity contribution in [2.75, 3.05) is 11.9 Å². The summed E-state index contributed by atoms with van der Waals surface area (Å²) in [7, 11) is 1.76. The summed E-state index contributed by atoms with van der Waals surface area (Å²) in [6.07, 6.45) is 0.849. The summed E-state index contributed by atoms with van der Waals surface area (Å²) in [5.74, 6) is 0.726. The second kappa shape index (κ2) is 5.41. The lowest BCUT2D eigenvalue weighted by atomic mass is 10.3. The van der Waals surface area contributed by atoms with E-state index in [1.54, 1.807) is 31.2 Å². The highest BCUT2D eigenvalue weighted by atomic mass is 32.1. The average molecular weight is 282 g/mol. The molecule has 2 heterocycles. The number of hydrogen-bond donors (Lipinski definition) is 1. The molecule has 0 bridgehead atoms. The van der Waals surface area contributed by atoms with E-state index >= 15 is 0 Å². The van der Waals surface area contributed by atoms with E-state index < -0.39 is 11.0 Å². The van der Waals surface area contributed by atoms with Gasteiger partial charge in [-0.1, -0.05) is 0 Å². The summed E-state index contributed by atoms with van der Waals surface area (Å²) < 4.78 is 5.22. The number of nitrogens with zero attached hydrogens (tertiary/aromatic N) is 2. The van der Waals surface area contributed by atoms with Crippen LogP contribution < -0.4 is 4.90 Å². The zero-order valence-electron chi connectivity index (χ0n) is 10.6. The molecule has 0 aliphatic carbocycles. The Balaban J connectivity index is 2.29. The van der Waals surface area contributed by atoms with Crippen molar-refractivity contribution in [3.05, 3.63) is 45.2 Å². The molecule has 1 N–H and O–H groups in total. The van der Waals surface area contributed by atoms with Crippen LogP contribution >= 0.6 is 11.3 Å². The summed E-state index contributed by atoms with van der Waals surface area (Å²) in [6.45, 7) is 2.03. The standard InChI is InChI=1S/C12H14N2O4S/c1-8(15)11-6-10(14(16)17)12(19-11)13(2)7-9-4-3-5-18-9/h3-6,8,15H,7H2,1-2H3/t8-/m0/s1. The van der Waals surface area contributed by atoms with Crippen LogP contribution in [-0.2, 0) is 6.54 Å². The maximum Gasteiger partial charge on any atom is 0.304 e. The van der Waals surface area contributed by atoms with Crippen molar-refractivity contribution >= 4 is 22.0 Å². The second-order valence-electron chi connectivity index (χ2n) is 4.21. The monoisotopic (exact) mass is 282 g/mol. The average Bonchev–Trinajstić information content (AvgIpc) is 2.96. The molecule has 0 amide bonds. The fourth-order valence-electron chi connectivity index (χ4n) is 1.71. The first-order valence-electron chi connectivity index (χ1n) is 5.68. The molecule has 2 aromatic heterocycles. The Labute approximate surface area is 114 Å². The van der Waals surface area contributed by atoms with E-state index in [1.165, 1.54) is 17.4 Å². The van der Waals surface area contributed by atoms with Gasteiger partial charge < -0.3 is 14.4 Å². The van der Waals surface area contributed by atoms with Crippen molar-refractivity contribution in [2.24, 2.45) is 0 Å². The molecule has 1 atom stereocenters. The first-order valence-corrected chi connectivity index (χ1v) is 6.50. The van der Waals surface area contributed by atoms with Crippen molar-refractivity contribution in [1.29, 1.82) is 0 Å². The molecule has 19 heavy (non-hydrogen) atoms. The normalized spacial score (nSPS) is 12.4. The summed E-state index contributed by atoms with van der Waals surface area (Å²) >= 11 is 1.22. The van der Waals surface area contributed by atoms with Gasteiger partial charge in [-0.05, 0) is 19.1 Å². The second-order valence-corrected chi connectivity index (χ2v) is 5.27. The van der Waals surface area contributed by atoms with Crippen LogP contribution in [0.5, 0.6) is 0 Å². The molecule has 6 nitrogen and oxygen atoms in total. The minimum Gasteiger partial charge on any atom is -0.467 e. The third kappa shape index (κ3) is 2.94. The Morgan fingerprint density at radius 3 is 2.89 bits per heavy atom. The lowest BCUT2D eigenvalue weighted by Gasteiger charge is -2.14. The van der Waals surface area contributed by atoms with Gasteiger partial charge in [-0.2, -0.15) is 0 Å². The molecule has 0 radical (unpaired) electrons. The van der Waals surface area contributed by atoms with Gasteiger partial charge >= 0.3 is 5.69 Å². The van der Waals surface area contributed by atoms with Crippen LogP contribution in [0.1, 0.15) is 23.7 Å². The van der Waals surface area contributed by atoms with E-state index in [0.717, 1.165) is 5.76 Å². The van der Waals surface area contributed by atoms with Gasteiger partial charge in [0.2, 0.25) is 0 Å². The molecule has 0 saturated heterocycles. The van der Waals surface area contributed by atoms with E-state index in [9.17, 15) is 15.2 Å². The number of aliphatic hydroxyl groups excluding tert-OH is 1. The first kappa shape index (κ1) is 13.6. The van der Waals surface area contributed by atoms with Gasteiger partial charge in [0.15, 0.2) is 5.00 Å². The number of anilines is 1. The highest BCUT2D eigenvalue weighted by Gasteiger charge is 2.24.